The minimum atomic E-state index is -0.790. The Morgan fingerprint density at radius 2 is 1.83 bits per heavy atom. The van der Waals surface area contributed by atoms with E-state index in [1.165, 1.54) is 18.4 Å². The zero-order valence-corrected chi connectivity index (χ0v) is 16.0. The second-order valence-electron chi connectivity index (χ2n) is 6.66. The van der Waals surface area contributed by atoms with Crippen molar-refractivity contribution in [2.24, 2.45) is 0 Å². The summed E-state index contributed by atoms with van der Waals surface area (Å²) < 4.78 is 15.8. The molecule has 150 valence electrons. The molecule has 0 fully saturated rings. The summed E-state index contributed by atoms with van der Waals surface area (Å²) >= 11 is 0. The summed E-state index contributed by atoms with van der Waals surface area (Å²) in [7, 11) is 0. The first-order valence-electron chi connectivity index (χ1n) is 9.17. The maximum absolute atomic E-state index is 12.3. The SMILES string of the molecule is Cc1ccc(C(=O)Oc2ccc3cc(C(=O)NCc4ccco4)c(=O)oc3c2)cc1. The highest BCUT2D eigenvalue weighted by atomic mass is 16.5. The van der Waals surface area contributed by atoms with Crippen LogP contribution >= 0.6 is 0 Å². The molecule has 0 saturated carbocycles. The number of ether oxygens (including phenoxy) is 1. The molecular formula is C23H17NO6. The average Bonchev–Trinajstić information content (AvgIpc) is 3.25. The molecule has 0 aliphatic heterocycles. The van der Waals surface area contributed by atoms with E-state index in [2.05, 4.69) is 5.32 Å². The molecule has 30 heavy (non-hydrogen) atoms. The van der Waals surface area contributed by atoms with E-state index >= 15 is 0 Å². The van der Waals surface area contributed by atoms with Crippen molar-refractivity contribution in [3.63, 3.8) is 0 Å². The van der Waals surface area contributed by atoms with Gasteiger partial charge in [-0.3, -0.25) is 4.79 Å². The second-order valence-corrected chi connectivity index (χ2v) is 6.66. The number of esters is 1. The molecule has 0 saturated heterocycles. The standard InChI is InChI=1S/C23H17NO6/c1-14-4-6-15(7-5-14)22(26)29-17-9-8-16-11-19(23(27)30-20(16)12-17)21(25)24-13-18-3-2-10-28-18/h2-12H,13H2,1H3,(H,24,25). The van der Waals surface area contributed by atoms with Crippen LogP contribution in [0.3, 0.4) is 0 Å². The Bertz CT molecular complexity index is 1270. The van der Waals surface area contributed by atoms with Gasteiger partial charge in [0.25, 0.3) is 5.91 Å². The molecule has 0 atom stereocenters. The number of carbonyl (C=O) groups excluding carboxylic acids is 2. The fourth-order valence-electron chi connectivity index (χ4n) is 2.84. The number of fused-ring (bicyclic) bond motifs is 1. The summed E-state index contributed by atoms with van der Waals surface area (Å²) in [5.41, 5.74) is 0.727. The van der Waals surface area contributed by atoms with Gasteiger partial charge in [0.2, 0.25) is 0 Å². The highest BCUT2D eigenvalue weighted by Gasteiger charge is 2.15. The predicted molar refractivity (Wildman–Crippen MR) is 108 cm³/mol. The van der Waals surface area contributed by atoms with Gasteiger partial charge >= 0.3 is 11.6 Å². The van der Waals surface area contributed by atoms with Crippen LogP contribution in [0.4, 0.5) is 0 Å². The summed E-state index contributed by atoms with van der Waals surface area (Å²) in [5, 5.41) is 3.13. The molecule has 0 unspecified atom stereocenters. The van der Waals surface area contributed by atoms with Gasteiger partial charge in [-0.25, -0.2) is 9.59 Å². The van der Waals surface area contributed by atoms with E-state index in [0.717, 1.165) is 5.56 Å². The van der Waals surface area contributed by atoms with Gasteiger partial charge in [0.05, 0.1) is 18.4 Å². The summed E-state index contributed by atoms with van der Waals surface area (Å²) in [6, 6.07) is 16.4. The number of carbonyl (C=O) groups is 2. The molecular weight excluding hydrogens is 386 g/mol. The smallest absolute Gasteiger partial charge is 0.349 e. The molecule has 0 spiro atoms. The van der Waals surface area contributed by atoms with Crippen LogP contribution in [0.25, 0.3) is 11.0 Å². The number of hydrogen-bond donors (Lipinski definition) is 1. The summed E-state index contributed by atoms with van der Waals surface area (Å²) in [5.74, 6) is -0.303. The molecule has 2 aromatic carbocycles. The second kappa shape index (κ2) is 8.08. The number of benzene rings is 2. The Labute approximate surface area is 170 Å². The third kappa shape index (κ3) is 4.15. The van der Waals surface area contributed by atoms with Crippen molar-refractivity contribution in [2.45, 2.75) is 13.5 Å². The number of aryl methyl sites for hydroxylation is 1. The molecule has 7 nitrogen and oxygen atoms in total. The zero-order valence-electron chi connectivity index (χ0n) is 16.0. The lowest BCUT2D eigenvalue weighted by Gasteiger charge is -2.07. The van der Waals surface area contributed by atoms with Crippen LogP contribution in [-0.2, 0) is 6.54 Å². The number of amides is 1. The van der Waals surface area contributed by atoms with Crippen LogP contribution in [0, 0.1) is 6.92 Å². The Balaban J connectivity index is 1.53. The van der Waals surface area contributed by atoms with Gasteiger partial charge in [-0.15, -0.1) is 0 Å². The van der Waals surface area contributed by atoms with Gasteiger partial charge in [0.1, 0.15) is 22.7 Å². The maximum atomic E-state index is 12.3. The number of furan rings is 1. The molecule has 1 amide bonds. The van der Waals surface area contributed by atoms with Crippen molar-refractivity contribution >= 4 is 22.8 Å². The van der Waals surface area contributed by atoms with Crippen LogP contribution < -0.4 is 15.7 Å². The average molecular weight is 403 g/mol. The third-order valence-corrected chi connectivity index (χ3v) is 4.45. The molecule has 0 aliphatic rings. The molecule has 0 aliphatic carbocycles. The van der Waals surface area contributed by atoms with Gasteiger partial charge in [-0.2, -0.15) is 0 Å². The van der Waals surface area contributed by atoms with Crippen molar-refractivity contribution in [1.29, 1.82) is 0 Å². The first-order chi connectivity index (χ1) is 14.5. The van der Waals surface area contributed by atoms with Crippen molar-refractivity contribution in [3.05, 3.63) is 99.8 Å². The monoisotopic (exact) mass is 403 g/mol. The molecule has 7 heteroatoms. The van der Waals surface area contributed by atoms with E-state index < -0.39 is 17.5 Å². The highest BCUT2D eigenvalue weighted by molar-refractivity contribution is 5.97. The Hall–Kier alpha value is -4.13. The van der Waals surface area contributed by atoms with E-state index in [1.54, 1.807) is 36.4 Å². The quantitative estimate of drug-likeness (QED) is 0.309. The minimum absolute atomic E-state index is 0.126. The largest absolute Gasteiger partial charge is 0.467 e. The first kappa shape index (κ1) is 19.2. The molecule has 0 radical (unpaired) electrons. The van der Waals surface area contributed by atoms with E-state index in [-0.39, 0.29) is 23.4 Å². The van der Waals surface area contributed by atoms with Crippen LogP contribution in [0.15, 0.2) is 80.6 Å². The van der Waals surface area contributed by atoms with Gasteiger partial charge in [0.15, 0.2) is 0 Å². The van der Waals surface area contributed by atoms with Gasteiger partial charge in [-0.05, 0) is 49.4 Å². The topological polar surface area (TPSA) is 98.8 Å². The molecule has 2 heterocycles. The van der Waals surface area contributed by atoms with E-state index in [0.29, 0.717) is 16.7 Å². The summed E-state index contributed by atoms with van der Waals surface area (Å²) in [6.07, 6.45) is 1.50. The van der Waals surface area contributed by atoms with E-state index in [9.17, 15) is 14.4 Å². The molecule has 2 aromatic heterocycles. The van der Waals surface area contributed by atoms with Crippen LogP contribution in [0.1, 0.15) is 32.0 Å². The van der Waals surface area contributed by atoms with Crippen molar-refractivity contribution in [1.82, 2.24) is 5.32 Å². The Morgan fingerprint density at radius 3 is 2.57 bits per heavy atom. The first-order valence-corrected chi connectivity index (χ1v) is 9.17. The Kier molecular flexibility index (Phi) is 5.17. The predicted octanol–water partition coefficient (Wildman–Crippen LogP) is 3.84. The molecule has 4 rings (SSSR count). The lowest BCUT2D eigenvalue weighted by molar-refractivity contribution is 0.0734. The molecule has 1 N–H and O–H groups in total. The summed E-state index contributed by atoms with van der Waals surface area (Å²) in [6.45, 7) is 2.07. The molecule has 0 bridgehead atoms. The fraction of sp³-hybridized carbons (Fsp3) is 0.0870. The highest BCUT2D eigenvalue weighted by Crippen LogP contribution is 2.21. The van der Waals surface area contributed by atoms with E-state index in [4.69, 9.17) is 13.6 Å². The normalized spacial score (nSPS) is 10.7. The number of nitrogens with one attached hydrogen (secondary N) is 1. The number of hydrogen-bond acceptors (Lipinski definition) is 6. The van der Waals surface area contributed by atoms with Crippen LogP contribution in [0.5, 0.6) is 5.75 Å². The van der Waals surface area contributed by atoms with E-state index in [1.807, 2.05) is 19.1 Å². The fourth-order valence-corrected chi connectivity index (χ4v) is 2.84. The van der Waals surface area contributed by atoms with Crippen LogP contribution in [-0.4, -0.2) is 11.9 Å². The Morgan fingerprint density at radius 1 is 1.03 bits per heavy atom. The third-order valence-electron chi connectivity index (χ3n) is 4.45. The van der Waals surface area contributed by atoms with Crippen molar-refractivity contribution in [3.8, 4) is 5.75 Å². The lowest BCUT2D eigenvalue weighted by atomic mass is 10.1. The lowest BCUT2D eigenvalue weighted by Crippen LogP contribution is -2.27. The van der Waals surface area contributed by atoms with Gasteiger partial charge < -0.3 is 18.9 Å². The zero-order chi connectivity index (χ0) is 21.1. The molecule has 4 aromatic rings. The summed E-state index contributed by atoms with van der Waals surface area (Å²) in [4.78, 5) is 36.8. The maximum Gasteiger partial charge on any atom is 0.349 e. The van der Waals surface area contributed by atoms with Crippen LogP contribution in [0.2, 0.25) is 0 Å². The van der Waals surface area contributed by atoms with Gasteiger partial charge in [-0.1, -0.05) is 17.7 Å². The van der Waals surface area contributed by atoms with Crippen molar-refractivity contribution in [2.75, 3.05) is 0 Å². The van der Waals surface area contributed by atoms with Gasteiger partial charge in [0, 0.05) is 11.5 Å². The van der Waals surface area contributed by atoms with Crippen molar-refractivity contribution < 1.29 is 23.2 Å². The number of rotatable bonds is 5. The minimum Gasteiger partial charge on any atom is -0.467 e.